The van der Waals surface area contributed by atoms with Crippen molar-refractivity contribution in [2.24, 2.45) is 0 Å². The highest BCUT2D eigenvalue weighted by molar-refractivity contribution is 5.84. The van der Waals surface area contributed by atoms with Gasteiger partial charge in [-0.15, -0.1) is 5.10 Å². The highest BCUT2D eigenvalue weighted by atomic mass is 19.1. The number of rotatable bonds is 3. The van der Waals surface area contributed by atoms with Crippen LogP contribution in [-0.4, -0.2) is 79.7 Å². The largest absolute Gasteiger partial charge is 0.370 e. The van der Waals surface area contributed by atoms with E-state index < -0.39 is 5.82 Å². The van der Waals surface area contributed by atoms with Crippen molar-refractivity contribution in [2.75, 3.05) is 32.8 Å². The number of aromatic nitrogens is 5. The van der Waals surface area contributed by atoms with Crippen molar-refractivity contribution in [1.82, 2.24) is 35.0 Å². The average molecular weight is 503 g/mol. The molecule has 1 aliphatic carbocycles. The number of carbonyl (C=O) groups is 1. The molecule has 1 amide bonds. The molecule has 3 aliphatic rings. The van der Waals surface area contributed by atoms with Crippen molar-refractivity contribution in [2.45, 2.75) is 44.2 Å². The van der Waals surface area contributed by atoms with Crippen LogP contribution >= 0.6 is 0 Å². The number of benzene rings is 1. The van der Waals surface area contributed by atoms with E-state index in [0.717, 1.165) is 42.6 Å². The summed E-state index contributed by atoms with van der Waals surface area (Å²) in [6.07, 6.45) is 3.84. The first-order valence-corrected chi connectivity index (χ1v) is 12.6. The Morgan fingerprint density at radius 3 is 2.86 bits per heavy atom. The van der Waals surface area contributed by atoms with E-state index in [4.69, 9.17) is 9.72 Å². The van der Waals surface area contributed by atoms with Gasteiger partial charge in [-0.05, 0) is 65.4 Å². The zero-order valence-electron chi connectivity index (χ0n) is 20.5. The lowest BCUT2D eigenvalue weighted by Crippen LogP contribution is -2.60. The number of pyridine rings is 1. The quantitative estimate of drug-likeness (QED) is 0.535. The number of hydrogen-bond donors (Lipinski definition) is 0. The summed E-state index contributed by atoms with van der Waals surface area (Å²) in [7, 11) is 0. The van der Waals surface area contributed by atoms with Crippen molar-refractivity contribution in [3.05, 3.63) is 64.4 Å². The molecule has 6 rings (SSSR count). The third kappa shape index (κ3) is 4.26. The van der Waals surface area contributed by atoms with Crippen LogP contribution in [0.1, 0.15) is 52.8 Å². The third-order valence-corrected chi connectivity index (χ3v) is 7.88. The number of hydrogen-bond acceptors (Lipinski definition) is 8. The van der Waals surface area contributed by atoms with Gasteiger partial charge in [0.1, 0.15) is 18.2 Å². The maximum Gasteiger partial charge on any atom is 0.230 e. The van der Waals surface area contributed by atoms with Crippen molar-refractivity contribution in [3.8, 4) is 11.9 Å². The van der Waals surface area contributed by atoms with Crippen molar-refractivity contribution < 1.29 is 13.9 Å². The van der Waals surface area contributed by atoms with E-state index in [9.17, 15) is 14.4 Å². The smallest absolute Gasteiger partial charge is 0.230 e. The topological polar surface area (TPSA) is 113 Å². The second-order valence-corrected chi connectivity index (χ2v) is 9.91. The van der Waals surface area contributed by atoms with Crippen LogP contribution < -0.4 is 0 Å². The predicted octanol–water partition coefficient (Wildman–Crippen LogP) is 2.08. The second kappa shape index (κ2) is 9.61. The van der Waals surface area contributed by atoms with Crippen LogP contribution in [0.3, 0.4) is 0 Å². The van der Waals surface area contributed by atoms with Crippen LogP contribution in [0.5, 0.6) is 0 Å². The summed E-state index contributed by atoms with van der Waals surface area (Å²) in [4.78, 5) is 22.7. The molecule has 3 atom stereocenters. The molecule has 0 bridgehead atoms. The number of morpholine rings is 1. The highest BCUT2D eigenvalue weighted by Gasteiger charge is 2.39. The molecule has 10 nitrogen and oxygen atoms in total. The molecule has 11 heteroatoms. The number of nitriles is 1. The van der Waals surface area contributed by atoms with Gasteiger partial charge in [0, 0.05) is 31.9 Å². The number of fused-ring (bicyclic) bond motifs is 2. The van der Waals surface area contributed by atoms with Crippen LogP contribution in [0.15, 0.2) is 30.6 Å². The first kappa shape index (κ1) is 23.6. The molecule has 37 heavy (non-hydrogen) atoms. The van der Waals surface area contributed by atoms with E-state index >= 15 is 0 Å². The molecule has 2 saturated heterocycles. The van der Waals surface area contributed by atoms with Gasteiger partial charge in [-0.2, -0.15) is 9.94 Å². The molecule has 4 heterocycles. The summed E-state index contributed by atoms with van der Waals surface area (Å²) in [6, 6.07) is 8.99. The SMILES string of the molecule is Cc1c(C2CN3CCN(C(=O)C4CCCc5nc(-n6cnnn6)ccc54)CC3CO2)ccc(F)c1C#N. The van der Waals surface area contributed by atoms with Gasteiger partial charge < -0.3 is 9.64 Å². The predicted molar refractivity (Wildman–Crippen MR) is 129 cm³/mol. The van der Waals surface area contributed by atoms with E-state index in [2.05, 4.69) is 20.4 Å². The van der Waals surface area contributed by atoms with Gasteiger partial charge in [0.05, 0.1) is 30.2 Å². The molecule has 0 saturated carbocycles. The fraction of sp³-hybridized carbons (Fsp3) is 0.462. The van der Waals surface area contributed by atoms with Gasteiger partial charge in [-0.3, -0.25) is 9.69 Å². The number of aryl methyl sites for hydroxylation is 1. The second-order valence-electron chi connectivity index (χ2n) is 9.91. The van der Waals surface area contributed by atoms with E-state index in [-0.39, 0.29) is 29.5 Å². The lowest BCUT2D eigenvalue weighted by molar-refractivity contribution is -0.142. The minimum absolute atomic E-state index is 0.0750. The average Bonchev–Trinajstić information content (AvgIpc) is 3.47. The Morgan fingerprint density at radius 2 is 2.05 bits per heavy atom. The summed E-state index contributed by atoms with van der Waals surface area (Å²) in [5, 5.41) is 20.6. The molecular weight excluding hydrogens is 475 g/mol. The van der Waals surface area contributed by atoms with Crippen LogP contribution in [0.2, 0.25) is 0 Å². The van der Waals surface area contributed by atoms with E-state index in [1.54, 1.807) is 13.0 Å². The molecule has 3 aromatic rings. The van der Waals surface area contributed by atoms with Crippen LogP contribution in [0.4, 0.5) is 4.39 Å². The normalized spacial score (nSPS) is 23.7. The lowest BCUT2D eigenvalue weighted by atomic mass is 9.84. The van der Waals surface area contributed by atoms with Gasteiger partial charge in [0.15, 0.2) is 5.82 Å². The molecule has 0 spiro atoms. The molecular formula is C26H27FN8O2. The molecule has 2 fully saturated rings. The number of amides is 1. The minimum Gasteiger partial charge on any atom is -0.370 e. The molecule has 0 radical (unpaired) electrons. The van der Waals surface area contributed by atoms with Crippen molar-refractivity contribution >= 4 is 5.91 Å². The maximum absolute atomic E-state index is 14.0. The monoisotopic (exact) mass is 502 g/mol. The van der Waals surface area contributed by atoms with Crippen LogP contribution in [-0.2, 0) is 16.0 Å². The highest BCUT2D eigenvalue weighted by Crippen LogP contribution is 2.35. The third-order valence-electron chi connectivity index (χ3n) is 7.88. The fourth-order valence-corrected chi connectivity index (χ4v) is 5.87. The zero-order chi connectivity index (χ0) is 25.5. The number of nitrogens with zero attached hydrogens (tertiary/aromatic N) is 8. The van der Waals surface area contributed by atoms with Gasteiger partial charge >= 0.3 is 0 Å². The molecule has 3 unspecified atom stereocenters. The van der Waals surface area contributed by atoms with E-state index in [0.29, 0.717) is 37.6 Å². The van der Waals surface area contributed by atoms with Gasteiger partial charge in [-0.25, -0.2) is 9.37 Å². The lowest BCUT2D eigenvalue weighted by Gasteiger charge is -2.47. The summed E-state index contributed by atoms with van der Waals surface area (Å²) < 4.78 is 21.7. The Morgan fingerprint density at radius 1 is 1.19 bits per heavy atom. The summed E-state index contributed by atoms with van der Waals surface area (Å²) in [6.45, 7) is 4.91. The maximum atomic E-state index is 14.0. The van der Waals surface area contributed by atoms with Crippen molar-refractivity contribution in [1.29, 1.82) is 5.26 Å². The van der Waals surface area contributed by atoms with Gasteiger partial charge in [0.2, 0.25) is 5.91 Å². The summed E-state index contributed by atoms with van der Waals surface area (Å²) in [5.41, 5.74) is 3.49. The number of piperazine rings is 1. The van der Waals surface area contributed by atoms with Crippen LogP contribution in [0, 0.1) is 24.1 Å². The Bertz CT molecular complexity index is 1370. The van der Waals surface area contributed by atoms with Crippen LogP contribution in [0.25, 0.3) is 5.82 Å². The zero-order valence-corrected chi connectivity index (χ0v) is 20.5. The first-order chi connectivity index (χ1) is 18.0. The van der Waals surface area contributed by atoms with E-state index in [1.165, 1.54) is 17.1 Å². The molecule has 0 N–H and O–H groups in total. The van der Waals surface area contributed by atoms with Gasteiger partial charge in [-0.1, -0.05) is 12.1 Å². The Balaban J connectivity index is 1.14. The molecule has 190 valence electrons. The van der Waals surface area contributed by atoms with E-state index in [1.807, 2.05) is 23.1 Å². The first-order valence-electron chi connectivity index (χ1n) is 12.6. The summed E-state index contributed by atoms with van der Waals surface area (Å²) in [5.74, 6) is 0.0929. The Hall–Kier alpha value is -3.75. The molecule has 2 aliphatic heterocycles. The molecule has 1 aromatic carbocycles. The standard InChI is InChI=1S/C26H27FN8O2/c1-16-18(5-7-22(27)21(16)11-28)24-13-33-9-10-34(12-17(33)14-37-24)26(36)20-3-2-4-23-19(20)6-8-25(30-23)35-15-29-31-32-35/h5-8,15,17,20,24H,2-4,9-10,12-14H2,1H3. The minimum atomic E-state index is -0.504. The fourth-order valence-electron chi connectivity index (χ4n) is 5.87. The molecule has 2 aromatic heterocycles. The Labute approximate surface area is 213 Å². The summed E-state index contributed by atoms with van der Waals surface area (Å²) >= 11 is 0. The number of ether oxygens (including phenoxy) is 1. The Kier molecular flexibility index (Phi) is 6.14. The number of tetrazole rings is 1. The van der Waals surface area contributed by atoms with Crippen molar-refractivity contribution in [3.63, 3.8) is 0 Å². The van der Waals surface area contributed by atoms with Gasteiger partial charge in [0.25, 0.3) is 0 Å². The number of halogens is 1. The number of carbonyl (C=O) groups excluding carboxylic acids is 1.